The van der Waals surface area contributed by atoms with E-state index < -0.39 is 0 Å². The van der Waals surface area contributed by atoms with E-state index >= 15 is 0 Å². The number of rotatable bonds is 3. The summed E-state index contributed by atoms with van der Waals surface area (Å²) in [5.41, 5.74) is 6.70. The van der Waals surface area contributed by atoms with Crippen molar-refractivity contribution in [2.45, 2.75) is 13.5 Å². The predicted molar refractivity (Wildman–Crippen MR) is 66.4 cm³/mol. The van der Waals surface area contributed by atoms with Gasteiger partial charge in [0.25, 0.3) is 0 Å². The number of hydrogen-bond acceptors (Lipinski definition) is 3. The molecule has 1 aromatic heterocycles. The number of benzene rings is 1. The van der Waals surface area contributed by atoms with Gasteiger partial charge >= 0.3 is 0 Å². The molecule has 94 valence electrons. The number of nitrogen functional groups attached to an aromatic ring is 1. The fourth-order valence-electron chi connectivity index (χ4n) is 1.57. The molecule has 0 atom stereocenters. The zero-order valence-corrected chi connectivity index (χ0v) is 9.85. The van der Waals surface area contributed by atoms with E-state index in [1.807, 2.05) is 0 Å². The molecule has 0 aliphatic heterocycles. The van der Waals surface area contributed by atoms with E-state index in [-0.39, 0.29) is 18.3 Å². The minimum atomic E-state index is -0.328. The van der Waals surface area contributed by atoms with Crippen LogP contribution in [0.4, 0.5) is 15.9 Å². The Kier molecular flexibility index (Phi) is 3.27. The fourth-order valence-corrected chi connectivity index (χ4v) is 1.57. The van der Waals surface area contributed by atoms with Gasteiger partial charge in [0.15, 0.2) is 0 Å². The van der Waals surface area contributed by atoms with Gasteiger partial charge in [-0.25, -0.2) is 4.39 Å². The van der Waals surface area contributed by atoms with Crippen LogP contribution in [0.25, 0.3) is 0 Å². The quantitative estimate of drug-likeness (QED) is 0.865. The summed E-state index contributed by atoms with van der Waals surface area (Å²) in [6.45, 7) is 1.79. The number of carbonyl (C=O) groups is 1. The first-order chi connectivity index (χ1) is 8.54. The molecule has 2 rings (SSSR count). The maximum Gasteiger partial charge on any atom is 0.246 e. The largest absolute Gasteiger partial charge is 0.382 e. The number of anilines is 2. The van der Waals surface area contributed by atoms with Crippen molar-refractivity contribution in [1.29, 1.82) is 0 Å². The van der Waals surface area contributed by atoms with Crippen LogP contribution in [-0.2, 0) is 11.3 Å². The number of nitrogens with zero attached hydrogens (tertiary/aromatic N) is 2. The second-order valence-corrected chi connectivity index (χ2v) is 3.95. The summed E-state index contributed by atoms with van der Waals surface area (Å²) in [5, 5.41) is 6.59. The van der Waals surface area contributed by atoms with Gasteiger partial charge in [-0.15, -0.1) is 0 Å². The molecule has 2 aromatic rings. The van der Waals surface area contributed by atoms with Crippen molar-refractivity contribution in [3.05, 3.63) is 41.8 Å². The molecule has 0 unspecified atom stereocenters. The van der Waals surface area contributed by atoms with E-state index in [1.54, 1.807) is 19.2 Å². The summed E-state index contributed by atoms with van der Waals surface area (Å²) >= 11 is 0. The number of nitrogens with one attached hydrogen (secondary N) is 1. The van der Waals surface area contributed by atoms with Crippen molar-refractivity contribution in [3.8, 4) is 0 Å². The van der Waals surface area contributed by atoms with Crippen LogP contribution < -0.4 is 11.1 Å². The Labute approximate surface area is 103 Å². The number of nitrogens with two attached hydrogens (primary N) is 1. The summed E-state index contributed by atoms with van der Waals surface area (Å²) in [6.07, 6.45) is 1.62. The third-order valence-electron chi connectivity index (χ3n) is 2.43. The summed E-state index contributed by atoms with van der Waals surface area (Å²) < 4.78 is 14.3. The van der Waals surface area contributed by atoms with E-state index in [9.17, 15) is 9.18 Å². The van der Waals surface area contributed by atoms with Gasteiger partial charge in [0.05, 0.1) is 0 Å². The topological polar surface area (TPSA) is 72.9 Å². The minimum absolute atomic E-state index is 0.0635. The van der Waals surface area contributed by atoms with Gasteiger partial charge in [-0.3, -0.25) is 9.48 Å². The van der Waals surface area contributed by atoms with Crippen LogP contribution in [0, 0.1) is 12.7 Å². The van der Waals surface area contributed by atoms with Crippen LogP contribution in [0.2, 0.25) is 0 Å². The van der Waals surface area contributed by atoms with Gasteiger partial charge in [-0.1, -0.05) is 0 Å². The molecular formula is C12H13FN4O. The molecule has 0 saturated carbocycles. The van der Waals surface area contributed by atoms with E-state index in [0.717, 1.165) is 0 Å². The maximum absolute atomic E-state index is 12.9. The standard InChI is InChI=1S/C12H13FN4O/c1-8-6-9(13)2-3-10(8)15-12(18)7-17-5-4-11(14)16-17/h2-6H,7H2,1H3,(H2,14,16)(H,15,18). The highest BCUT2D eigenvalue weighted by Gasteiger charge is 2.07. The lowest BCUT2D eigenvalue weighted by Crippen LogP contribution is -2.19. The Balaban J connectivity index is 2.03. The predicted octanol–water partition coefficient (Wildman–Crippen LogP) is 1.55. The van der Waals surface area contributed by atoms with Crippen LogP contribution in [0.5, 0.6) is 0 Å². The monoisotopic (exact) mass is 248 g/mol. The van der Waals surface area contributed by atoms with Crippen LogP contribution in [0.1, 0.15) is 5.56 Å². The molecule has 1 aromatic carbocycles. The zero-order chi connectivity index (χ0) is 13.1. The minimum Gasteiger partial charge on any atom is -0.382 e. The van der Waals surface area contributed by atoms with Crippen LogP contribution in [0.15, 0.2) is 30.5 Å². The highest BCUT2D eigenvalue weighted by Crippen LogP contribution is 2.15. The Morgan fingerprint density at radius 2 is 2.28 bits per heavy atom. The first-order valence-electron chi connectivity index (χ1n) is 5.39. The summed E-state index contributed by atoms with van der Waals surface area (Å²) in [5.74, 6) is -0.209. The normalized spacial score (nSPS) is 10.3. The lowest BCUT2D eigenvalue weighted by Gasteiger charge is -2.08. The van der Waals surface area contributed by atoms with Crippen molar-refractivity contribution in [2.24, 2.45) is 0 Å². The van der Waals surface area contributed by atoms with Gasteiger partial charge < -0.3 is 11.1 Å². The average Bonchev–Trinajstić information content (AvgIpc) is 2.68. The number of aromatic nitrogens is 2. The third kappa shape index (κ3) is 2.85. The molecule has 0 saturated heterocycles. The number of carbonyl (C=O) groups excluding carboxylic acids is 1. The van der Waals surface area contributed by atoms with Crippen molar-refractivity contribution in [1.82, 2.24) is 9.78 Å². The van der Waals surface area contributed by atoms with Crippen molar-refractivity contribution in [3.63, 3.8) is 0 Å². The third-order valence-corrected chi connectivity index (χ3v) is 2.43. The number of aryl methyl sites for hydroxylation is 1. The highest BCUT2D eigenvalue weighted by atomic mass is 19.1. The molecule has 0 aliphatic carbocycles. The van der Waals surface area contributed by atoms with Crippen molar-refractivity contribution < 1.29 is 9.18 Å². The number of halogens is 1. The molecule has 3 N–H and O–H groups in total. The van der Waals surface area contributed by atoms with Crippen molar-refractivity contribution >= 4 is 17.4 Å². The van der Waals surface area contributed by atoms with Crippen molar-refractivity contribution in [2.75, 3.05) is 11.1 Å². The van der Waals surface area contributed by atoms with E-state index in [1.165, 1.54) is 22.9 Å². The molecule has 0 aliphatic rings. The first kappa shape index (κ1) is 12.1. The lowest BCUT2D eigenvalue weighted by atomic mass is 10.2. The van der Waals surface area contributed by atoms with E-state index in [4.69, 9.17) is 5.73 Å². The van der Waals surface area contributed by atoms with Gasteiger partial charge in [-0.05, 0) is 36.8 Å². The summed E-state index contributed by atoms with van der Waals surface area (Å²) in [4.78, 5) is 11.7. The first-order valence-corrected chi connectivity index (χ1v) is 5.39. The summed E-state index contributed by atoms with van der Waals surface area (Å²) in [7, 11) is 0. The number of amides is 1. The number of hydrogen-bond donors (Lipinski definition) is 2. The molecule has 0 fully saturated rings. The Morgan fingerprint density at radius 3 is 2.89 bits per heavy atom. The average molecular weight is 248 g/mol. The second-order valence-electron chi connectivity index (χ2n) is 3.95. The van der Waals surface area contributed by atoms with Gasteiger partial charge in [0.2, 0.25) is 5.91 Å². The van der Waals surface area contributed by atoms with Gasteiger partial charge in [0, 0.05) is 11.9 Å². The van der Waals surface area contributed by atoms with Gasteiger partial charge in [0.1, 0.15) is 18.2 Å². The molecule has 1 amide bonds. The van der Waals surface area contributed by atoms with Crippen LogP contribution in [-0.4, -0.2) is 15.7 Å². The van der Waals surface area contributed by atoms with E-state index in [0.29, 0.717) is 17.1 Å². The molecule has 6 heteroatoms. The molecule has 0 spiro atoms. The Bertz CT molecular complexity index is 579. The van der Waals surface area contributed by atoms with E-state index in [2.05, 4.69) is 10.4 Å². The second kappa shape index (κ2) is 4.87. The smallest absolute Gasteiger partial charge is 0.246 e. The van der Waals surface area contributed by atoms with Crippen LogP contribution in [0.3, 0.4) is 0 Å². The van der Waals surface area contributed by atoms with Gasteiger partial charge in [-0.2, -0.15) is 5.10 Å². The Hall–Kier alpha value is -2.37. The molecular weight excluding hydrogens is 235 g/mol. The Morgan fingerprint density at radius 1 is 1.50 bits per heavy atom. The SMILES string of the molecule is Cc1cc(F)ccc1NC(=O)Cn1ccc(N)n1. The molecule has 18 heavy (non-hydrogen) atoms. The maximum atomic E-state index is 12.9. The van der Waals surface area contributed by atoms with Crippen LogP contribution >= 0.6 is 0 Å². The lowest BCUT2D eigenvalue weighted by molar-refractivity contribution is -0.116. The summed E-state index contributed by atoms with van der Waals surface area (Å²) in [6, 6.07) is 5.80. The zero-order valence-electron chi connectivity index (χ0n) is 9.85. The highest BCUT2D eigenvalue weighted by molar-refractivity contribution is 5.91. The molecule has 0 bridgehead atoms. The fraction of sp³-hybridized carbons (Fsp3) is 0.167. The molecule has 5 nitrogen and oxygen atoms in total. The molecule has 1 heterocycles. The molecule has 0 radical (unpaired) electrons.